The number of hydrogen-bond donors (Lipinski definition) is 2. The Hall–Kier alpha value is -1.06. The van der Waals surface area contributed by atoms with Gasteiger partial charge in [-0.2, -0.15) is 0 Å². The largest absolute Gasteiger partial charge is 0.493 e. The normalized spacial score (nSPS) is 27.2. The third-order valence-electron chi connectivity index (χ3n) is 2.35. The minimum Gasteiger partial charge on any atom is -0.493 e. The molecule has 0 saturated heterocycles. The molecule has 0 fully saturated rings. The predicted molar refractivity (Wildman–Crippen MR) is 49.5 cm³/mol. The number of para-hydroxylation sites is 1. The zero-order valence-electron chi connectivity index (χ0n) is 7.31. The fraction of sp³-hybridized carbons (Fsp3) is 0.400. The second-order valence-electron chi connectivity index (χ2n) is 3.28. The lowest BCUT2D eigenvalue weighted by atomic mass is 10.0. The second-order valence-corrected chi connectivity index (χ2v) is 3.28. The number of benzene rings is 1. The van der Waals surface area contributed by atoms with Crippen molar-refractivity contribution in [3.8, 4) is 5.75 Å². The summed E-state index contributed by atoms with van der Waals surface area (Å²) in [6.07, 6.45) is 0.0919. The van der Waals surface area contributed by atoms with Gasteiger partial charge in [0.2, 0.25) is 0 Å². The molecular formula is C10H13NO2. The zero-order chi connectivity index (χ0) is 9.26. The molecule has 2 rings (SSSR count). The summed E-state index contributed by atoms with van der Waals surface area (Å²) in [5, 5.41) is 9.80. The number of aliphatic hydroxyl groups is 1. The summed E-state index contributed by atoms with van der Waals surface area (Å²) in [7, 11) is 0. The van der Waals surface area contributed by atoms with E-state index in [4.69, 9.17) is 10.5 Å². The molecule has 1 aromatic carbocycles. The van der Waals surface area contributed by atoms with Gasteiger partial charge < -0.3 is 15.6 Å². The molecule has 1 aromatic rings. The van der Waals surface area contributed by atoms with Crippen LogP contribution in [0.1, 0.15) is 18.1 Å². The number of aliphatic hydroxyl groups excluding tert-OH is 1. The minimum absolute atomic E-state index is 0.219. The van der Waals surface area contributed by atoms with Crippen LogP contribution in [0, 0.1) is 0 Å². The molecule has 0 unspecified atom stereocenters. The summed E-state index contributed by atoms with van der Waals surface area (Å²) in [6.45, 7) is 0.579. The van der Waals surface area contributed by atoms with Gasteiger partial charge in [-0.05, 0) is 12.5 Å². The molecule has 0 amide bonds. The first-order valence-electron chi connectivity index (χ1n) is 4.44. The maximum Gasteiger partial charge on any atom is 0.125 e. The average molecular weight is 179 g/mol. The van der Waals surface area contributed by atoms with Crippen LogP contribution >= 0.6 is 0 Å². The molecule has 3 N–H and O–H groups in total. The molecule has 0 radical (unpaired) electrons. The lowest BCUT2D eigenvalue weighted by molar-refractivity contribution is 0.145. The van der Waals surface area contributed by atoms with Gasteiger partial charge in [0.15, 0.2) is 0 Å². The number of nitrogens with two attached hydrogens (primary N) is 1. The summed E-state index contributed by atoms with van der Waals surface area (Å²) in [5.74, 6) is 0.753. The first-order chi connectivity index (χ1) is 6.29. The minimum atomic E-state index is -0.598. The SMILES string of the molecule is N[C@H]1CCOc2ccccc2[C@@H]1O. The highest BCUT2D eigenvalue weighted by molar-refractivity contribution is 5.36. The van der Waals surface area contributed by atoms with E-state index in [1.54, 1.807) is 0 Å². The smallest absolute Gasteiger partial charge is 0.125 e. The highest BCUT2D eigenvalue weighted by Gasteiger charge is 2.23. The summed E-state index contributed by atoms with van der Waals surface area (Å²) in [4.78, 5) is 0. The molecule has 0 spiro atoms. The van der Waals surface area contributed by atoms with E-state index in [-0.39, 0.29) is 6.04 Å². The molecule has 0 saturated carbocycles. The van der Waals surface area contributed by atoms with Crippen LogP contribution in [0.3, 0.4) is 0 Å². The van der Waals surface area contributed by atoms with Gasteiger partial charge in [-0.15, -0.1) is 0 Å². The Balaban J connectivity index is 2.40. The molecular weight excluding hydrogens is 166 g/mol. The summed E-state index contributed by atoms with van der Waals surface area (Å²) < 4.78 is 5.45. The van der Waals surface area contributed by atoms with Crippen LogP contribution in [0.15, 0.2) is 24.3 Å². The first-order valence-corrected chi connectivity index (χ1v) is 4.44. The standard InChI is InChI=1S/C10H13NO2/c11-8-5-6-13-9-4-2-1-3-7(9)10(8)12/h1-4,8,10,12H,5-6,11H2/t8-,10-/m0/s1. The molecule has 3 heteroatoms. The Morgan fingerprint density at radius 1 is 1.38 bits per heavy atom. The van der Waals surface area contributed by atoms with Crippen LogP contribution in [0.25, 0.3) is 0 Å². The third kappa shape index (κ3) is 1.53. The highest BCUT2D eigenvalue weighted by atomic mass is 16.5. The van der Waals surface area contributed by atoms with Crippen molar-refractivity contribution in [3.63, 3.8) is 0 Å². The van der Waals surface area contributed by atoms with Crippen LogP contribution in [-0.2, 0) is 0 Å². The van der Waals surface area contributed by atoms with Crippen LogP contribution in [0.4, 0.5) is 0 Å². The molecule has 1 aliphatic rings. The summed E-state index contributed by atoms with van der Waals surface area (Å²) in [6, 6.07) is 7.26. The Morgan fingerprint density at radius 2 is 2.15 bits per heavy atom. The Labute approximate surface area is 77.1 Å². The maximum atomic E-state index is 9.80. The van der Waals surface area contributed by atoms with Crippen molar-refractivity contribution in [1.82, 2.24) is 0 Å². The van der Waals surface area contributed by atoms with Crippen molar-refractivity contribution < 1.29 is 9.84 Å². The van der Waals surface area contributed by atoms with Crippen LogP contribution in [0.5, 0.6) is 5.75 Å². The lowest BCUT2D eigenvalue weighted by Gasteiger charge is -2.15. The third-order valence-corrected chi connectivity index (χ3v) is 2.35. The monoisotopic (exact) mass is 179 g/mol. The van der Waals surface area contributed by atoms with E-state index < -0.39 is 6.10 Å². The van der Waals surface area contributed by atoms with Gasteiger partial charge in [0.05, 0.1) is 12.7 Å². The average Bonchev–Trinajstić information content (AvgIpc) is 2.29. The molecule has 13 heavy (non-hydrogen) atoms. The molecule has 1 aliphatic heterocycles. The van der Waals surface area contributed by atoms with Gasteiger partial charge in [-0.3, -0.25) is 0 Å². The molecule has 0 aliphatic carbocycles. The molecule has 70 valence electrons. The van der Waals surface area contributed by atoms with Crippen molar-refractivity contribution >= 4 is 0 Å². The van der Waals surface area contributed by atoms with Crippen molar-refractivity contribution in [3.05, 3.63) is 29.8 Å². The van der Waals surface area contributed by atoms with E-state index in [9.17, 15) is 5.11 Å². The van der Waals surface area contributed by atoms with Crippen molar-refractivity contribution in [2.45, 2.75) is 18.6 Å². The summed E-state index contributed by atoms with van der Waals surface area (Å²) in [5.41, 5.74) is 6.56. The van der Waals surface area contributed by atoms with E-state index in [1.807, 2.05) is 24.3 Å². The van der Waals surface area contributed by atoms with E-state index in [2.05, 4.69) is 0 Å². The molecule has 2 atom stereocenters. The van der Waals surface area contributed by atoms with Crippen LogP contribution in [0.2, 0.25) is 0 Å². The highest BCUT2D eigenvalue weighted by Crippen LogP contribution is 2.30. The fourth-order valence-electron chi connectivity index (χ4n) is 1.55. The Morgan fingerprint density at radius 3 is 3.00 bits per heavy atom. The quantitative estimate of drug-likeness (QED) is 0.620. The molecule has 1 heterocycles. The molecule has 0 bridgehead atoms. The van der Waals surface area contributed by atoms with E-state index in [0.29, 0.717) is 13.0 Å². The van der Waals surface area contributed by atoms with Gasteiger partial charge in [0, 0.05) is 11.6 Å². The van der Waals surface area contributed by atoms with Gasteiger partial charge in [0.1, 0.15) is 5.75 Å². The van der Waals surface area contributed by atoms with E-state index >= 15 is 0 Å². The van der Waals surface area contributed by atoms with Crippen LogP contribution in [-0.4, -0.2) is 17.8 Å². The first kappa shape index (κ1) is 8.53. The molecule has 3 nitrogen and oxygen atoms in total. The number of hydrogen-bond acceptors (Lipinski definition) is 3. The number of fused-ring (bicyclic) bond motifs is 1. The van der Waals surface area contributed by atoms with Gasteiger partial charge in [-0.1, -0.05) is 18.2 Å². The van der Waals surface area contributed by atoms with Crippen molar-refractivity contribution in [2.75, 3.05) is 6.61 Å². The van der Waals surface area contributed by atoms with E-state index in [0.717, 1.165) is 11.3 Å². The zero-order valence-corrected chi connectivity index (χ0v) is 7.31. The fourth-order valence-corrected chi connectivity index (χ4v) is 1.55. The van der Waals surface area contributed by atoms with Gasteiger partial charge in [0.25, 0.3) is 0 Å². The Kier molecular flexibility index (Phi) is 2.20. The van der Waals surface area contributed by atoms with Crippen LogP contribution < -0.4 is 10.5 Å². The van der Waals surface area contributed by atoms with E-state index in [1.165, 1.54) is 0 Å². The van der Waals surface area contributed by atoms with Crippen molar-refractivity contribution in [1.29, 1.82) is 0 Å². The number of ether oxygens (including phenoxy) is 1. The van der Waals surface area contributed by atoms with Crippen molar-refractivity contribution in [2.24, 2.45) is 5.73 Å². The van der Waals surface area contributed by atoms with Gasteiger partial charge >= 0.3 is 0 Å². The second kappa shape index (κ2) is 3.36. The lowest BCUT2D eigenvalue weighted by Crippen LogP contribution is -2.28. The Bertz CT molecular complexity index is 301. The maximum absolute atomic E-state index is 9.80. The number of rotatable bonds is 0. The summed E-state index contributed by atoms with van der Waals surface area (Å²) >= 11 is 0. The topological polar surface area (TPSA) is 55.5 Å². The van der Waals surface area contributed by atoms with Gasteiger partial charge in [-0.25, -0.2) is 0 Å². The predicted octanol–water partition coefficient (Wildman–Crippen LogP) is 0.830. The molecule has 0 aromatic heterocycles.